The molecule has 0 aliphatic carbocycles. The summed E-state index contributed by atoms with van der Waals surface area (Å²) >= 11 is 5.80. The molecule has 0 spiro atoms. The second kappa shape index (κ2) is 5.14. The van der Waals surface area contributed by atoms with Gasteiger partial charge in [-0.1, -0.05) is 29.8 Å². The van der Waals surface area contributed by atoms with E-state index in [0.29, 0.717) is 21.8 Å². The average Bonchev–Trinajstić information content (AvgIpc) is 2.48. The van der Waals surface area contributed by atoms with Crippen LogP contribution in [0.4, 0.5) is 15.8 Å². The lowest BCUT2D eigenvalue weighted by molar-refractivity contribution is 0.628. The molecular weight excluding hydrogens is 293 g/mol. The Morgan fingerprint density at radius 1 is 0.952 bits per heavy atom. The number of nitrogens with one attached hydrogen (secondary N) is 1. The van der Waals surface area contributed by atoms with E-state index in [9.17, 15) is 14.0 Å². The maximum absolute atomic E-state index is 13.2. The molecule has 3 aromatic rings. The molecule has 3 nitrogen and oxygen atoms in total. The van der Waals surface area contributed by atoms with Gasteiger partial charge in [-0.05, 0) is 35.9 Å². The molecule has 0 atom stereocenters. The lowest BCUT2D eigenvalue weighted by Gasteiger charge is -2.13. The third kappa shape index (κ3) is 2.45. The summed E-state index contributed by atoms with van der Waals surface area (Å²) in [6.45, 7) is 0. The van der Waals surface area contributed by atoms with Crippen LogP contribution in [0.5, 0.6) is 0 Å². The molecule has 5 heteroatoms. The third-order valence-corrected chi connectivity index (χ3v) is 3.39. The number of rotatable bonds is 3. The first-order chi connectivity index (χ1) is 10.1. The van der Waals surface area contributed by atoms with Crippen LogP contribution in [0.25, 0.3) is 11.1 Å². The van der Waals surface area contributed by atoms with Gasteiger partial charge < -0.3 is 5.32 Å². The standard InChI is InChI=1S/C16H9ClFNO2/c17-10-6-4-9(5-7-10)13-14(16(21)15(13)20)19-12-3-1-2-11(18)8-12/h1-8,19H. The Labute approximate surface area is 124 Å². The van der Waals surface area contributed by atoms with Crippen molar-refractivity contribution in [3.05, 3.63) is 79.8 Å². The van der Waals surface area contributed by atoms with Crippen LogP contribution in [0.15, 0.2) is 58.1 Å². The van der Waals surface area contributed by atoms with Crippen LogP contribution in [0.3, 0.4) is 0 Å². The number of anilines is 2. The Kier molecular flexibility index (Phi) is 3.31. The fourth-order valence-electron chi connectivity index (χ4n) is 2.11. The van der Waals surface area contributed by atoms with Crippen molar-refractivity contribution in [2.75, 3.05) is 5.32 Å². The second-order valence-corrected chi connectivity index (χ2v) is 4.99. The van der Waals surface area contributed by atoms with E-state index < -0.39 is 16.7 Å². The normalized spacial score (nSPS) is 10.8. The summed E-state index contributed by atoms with van der Waals surface area (Å²) in [7, 11) is 0. The fraction of sp³-hybridized carbons (Fsp3) is 0. The van der Waals surface area contributed by atoms with Gasteiger partial charge in [0.2, 0.25) is 5.43 Å². The van der Waals surface area contributed by atoms with Crippen molar-refractivity contribution in [1.82, 2.24) is 0 Å². The molecule has 0 heterocycles. The van der Waals surface area contributed by atoms with Crippen LogP contribution >= 0.6 is 11.6 Å². The van der Waals surface area contributed by atoms with E-state index in [1.54, 1.807) is 30.3 Å². The Morgan fingerprint density at radius 3 is 2.33 bits per heavy atom. The first kappa shape index (κ1) is 13.5. The van der Waals surface area contributed by atoms with Crippen molar-refractivity contribution < 1.29 is 4.39 Å². The minimum Gasteiger partial charge on any atom is -0.352 e. The third-order valence-electron chi connectivity index (χ3n) is 3.14. The quantitative estimate of drug-likeness (QED) is 0.753. The van der Waals surface area contributed by atoms with Gasteiger partial charge in [-0.3, -0.25) is 9.59 Å². The van der Waals surface area contributed by atoms with Crippen molar-refractivity contribution in [1.29, 1.82) is 0 Å². The van der Waals surface area contributed by atoms with E-state index in [-0.39, 0.29) is 5.69 Å². The molecule has 0 unspecified atom stereocenters. The first-order valence-corrected chi connectivity index (χ1v) is 6.56. The Morgan fingerprint density at radius 2 is 1.67 bits per heavy atom. The van der Waals surface area contributed by atoms with E-state index in [1.165, 1.54) is 18.2 Å². The van der Waals surface area contributed by atoms with Crippen molar-refractivity contribution >= 4 is 23.0 Å². The molecule has 21 heavy (non-hydrogen) atoms. The molecule has 0 aromatic heterocycles. The zero-order chi connectivity index (χ0) is 15.0. The zero-order valence-corrected chi connectivity index (χ0v) is 11.4. The summed E-state index contributed by atoms with van der Waals surface area (Å²) < 4.78 is 13.2. The number of hydrogen-bond acceptors (Lipinski definition) is 3. The topological polar surface area (TPSA) is 46.2 Å². The molecular formula is C16H9ClFNO2. The minimum atomic E-state index is -0.607. The molecule has 0 aliphatic heterocycles. The predicted molar refractivity (Wildman–Crippen MR) is 81.5 cm³/mol. The van der Waals surface area contributed by atoms with E-state index in [4.69, 9.17) is 11.6 Å². The molecule has 1 N–H and O–H groups in total. The Balaban J connectivity index is 2.01. The molecule has 0 fully saturated rings. The van der Waals surface area contributed by atoms with Crippen molar-refractivity contribution in [3.8, 4) is 11.1 Å². The largest absolute Gasteiger partial charge is 0.352 e. The van der Waals surface area contributed by atoms with Crippen LogP contribution in [-0.2, 0) is 0 Å². The molecule has 0 saturated heterocycles. The van der Waals surface area contributed by atoms with Gasteiger partial charge in [0.15, 0.2) is 0 Å². The summed E-state index contributed by atoms with van der Waals surface area (Å²) in [5.41, 5.74) is 0.314. The summed E-state index contributed by atoms with van der Waals surface area (Å²) in [5.74, 6) is -0.424. The van der Waals surface area contributed by atoms with E-state index in [1.807, 2.05) is 0 Å². The van der Waals surface area contributed by atoms with E-state index in [2.05, 4.69) is 5.32 Å². The number of halogens is 2. The number of benzene rings is 2. The lowest BCUT2D eigenvalue weighted by Crippen LogP contribution is -2.35. The van der Waals surface area contributed by atoms with Gasteiger partial charge in [-0.25, -0.2) is 4.39 Å². The van der Waals surface area contributed by atoms with Crippen LogP contribution in [0.2, 0.25) is 5.02 Å². The smallest absolute Gasteiger partial charge is 0.250 e. The summed E-state index contributed by atoms with van der Waals surface area (Å²) in [6, 6.07) is 12.3. The van der Waals surface area contributed by atoms with E-state index >= 15 is 0 Å². The fourth-order valence-corrected chi connectivity index (χ4v) is 2.24. The highest BCUT2D eigenvalue weighted by atomic mass is 35.5. The molecule has 3 aromatic carbocycles. The Hall–Kier alpha value is -2.46. The maximum Gasteiger partial charge on any atom is 0.250 e. The molecule has 0 saturated carbocycles. The summed E-state index contributed by atoms with van der Waals surface area (Å²) in [6.07, 6.45) is 0. The van der Waals surface area contributed by atoms with E-state index in [0.717, 1.165) is 0 Å². The van der Waals surface area contributed by atoms with Gasteiger partial charge in [-0.2, -0.15) is 0 Å². The molecule has 0 bridgehead atoms. The summed E-state index contributed by atoms with van der Waals surface area (Å²) in [4.78, 5) is 23.5. The molecule has 0 amide bonds. The molecule has 104 valence electrons. The lowest BCUT2D eigenvalue weighted by atomic mass is 9.98. The monoisotopic (exact) mass is 301 g/mol. The zero-order valence-electron chi connectivity index (χ0n) is 10.7. The molecule has 0 radical (unpaired) electrons. The highest BCUT2D eigenvalue weighted by molar-refractivity contribution is 6.30. The van der Waals surface area contributed by atoms with Crippen LogP contribution in [0, 0.1) is 5.82 Å². The maximum atomic E-state index is 13.2. The molecule has 0 aliphatic rings. The van der Waals surface area contributed by atoms with Gasteiger partial charge in [0.05, 0.1) is 5.56 Å². The van der Waals surface area contributed by atoms with Gasteiger partial charge in [0, 0.05) is 10.7 Å². The van der Waals surface area contributed by atoms with Crippen molar-refractivity contribution in [3.63, 3.8) is 0 Å². The second-order valence-electron chi connectivity index (χ2n) is 4.55. The summed E-state index contributed by atoms with van der Waals surface area (Å²) in [5, 5.41) is 3.34. The van der Waals surface area contributed by atoms with Gasteiger partial charge in [-0.15, -0.1) is 0 Å². The van der Waals surface area contributed by atoms with Gasteiger partial charge >= 0.3 is 0 Å². The molecule has 3 rings (SSSR count). The average molecular weight is 302 g/mol. The first-order valence-electron chi connectivity index (χ1n) is 6.18. The van der Waals surface area contributed by atoms with Crippen LogP contribution in [0.1, 0.15) is 0 Å². The highest BCUT2D eigenvalue weighted by Crippen LogP contribution is 2.27. The van der Waals surface area contributed by atoms with Crippen LogP contribution < -0.4 is 16.2 Å². The number of hydrogen-bond donors (Lipinski definition) is 1. The predicted octanol–water partition coefficient (Wildman–Crippen LogP) is 3.49. The minimum absolute atomic E-state index is 0.174. The van der Waals surface area contributed by atoms with Crippen LogP contribution in [-0.4, -0.2) is 0 Å². The highest BCUT2D eigenvalue weighted by Gasteiger charge is 2.22. The Bertz CT molecular complexity index is 880. The van der Waals surface area contributed by atoms with Gasteiger partial charge in [0.25, 0.3) is 5.43 Å². The van der Waals surface area contributed by atoms with Crippen molar-refractivity contribution in [2.45, 2.75) is 0 Å². The van der Waals surface area contributed by atoms with Gasteiger partial charge in [0.1, 0.15) is 11.5 Å². The van der Waals surface area contributed by atoms with Crippen molar-refractivity contribution in [2.24, 2.45) is 0 Å². The SMILES string of the molecule is O=c1c(Nc2cccc(F)c2)c(-c2ccc(Cl)cc2)c1=O.